The zero-order valence-electron chi connectivity index (χ0n) is 19.9. The third kappa shape index (κ3) is 5.87. The largest absolute Gasteiger partial charge is 0.490 e. The van der Waals surface area contributed by atoms with E-state index < -0.39 is 23.8 Å². The standard InChI is InChI=1S/C27H20BrClN2O7/c1-2-37-22-12-17(21(28)13-23(22)38-14-15-3-5-16(6-4-15)26(34)35)11-20-24(32)30-27(36)31(25(20)33)19-9-7-18(29)8-10-19/h3-13H,2,14H2,1H3,(H,34,35)(H,30,32,36). The predicted octanol–water partition coefficient (Wildman–Crippen LogP) is 5.44. The van der Waals surface area contributed by atoms with Gasteiger partial charge in [-0.05, 0) is 72.7 Å². The average molecular weight is 600 g/mol. The molecule has 1 heterocycles. The number of barbiturate groups is 1. The zero-order valence-corrected chi connectivity index (χ0v) is 22.2. The Labute approximate surface area is 230 Å². The molecule has 9 nitrogen and oxygen atoms in total. The second kappa shape index (κ2) is 11.5. The third-order valence-electron chi connectivity index (χ3n) is 5.44. The van der Waals surface area contributed by atoms with Gasteiger partial charge in [-0.15, -0.1) is 0 Å². The van der Waals surface area contributed by atoms with Crippen LogP contribution in [0.1, 0.15) is 28.4 Å². The summed E-state index contributed by atoms with van der Waals surface area (Å²) in [4.78, 5) is 50.1. The summed E-state index contributed by atoms with van der Waals surface area (Å²) in [5.41, 5.74) is 1.35. The molecule has 11 heteroatoms. The molecule has 0 aliphatic carbocycles. The molecule has 194 valence electrons. The van der Waals surface area contributed by atoms with E-state index >= 15 is 0 Å². The fourth-order valence-corrected chi connectivity index (χ4v) is 4.15. The molecule has 0 atom stereocenters. The van der Waals surface area contributed by atoms with Crippen LogP contribution in [-0.2, 0) is 16.2 Å². The number of rotatable bonds is 8. The molecule has 4 amide bonds. The number of hydrogen-bond donors (Lipinski definition) is 2. The number of hydrogen-bond acceptors (Lipinski definition) is 6. The average Bonchev–Trinajstić information content (AvgIpc) is 2.88. The Balaban J connectivity index is 1.62. The fourth-order valence-electron chi connectivity index (χ4n) is 3.58. The number of carboxylic acid groups (broad SMARTS) is 1. The molecule has 2 N–H and O–H groups in total. The Hall–Kier alpha value is -4.15. The highest BCUT2D eigenvalue weighted by Gasteiger charge is 2.37. The number of nitrogens with zero attached hydrogens (tertiary/aromatic N) is 1. The van der Waals surface area contributed by atoms with Gasteiger partial charge in [0.2, 0.25) is 0 Å². The van der Waals surface area contributed by atoms with Gasteiger partial charge in [-0.3, -0.25) is 14.9 Å². The van der Waals surface area contributed by atoms with Crippen molar-refractivity contribution >= 4 is 63.1 Å². The maximum Gasteiger partial charge on any atom is 0.335 e. The van der Waals surface area contributed by atoms with Crippen LogP contribution in [0, 0.1) is 0 Å². The van der Waals surface area contributed by atoms with Crippen LogP contribution in [0.2, 0.25) is 5.02 Å². The number of imide groups is 2. The van der Waals surface area contributed by atoms with E-state index in [2.05, 4.69) is 21.2 Å². The van der Waals surface area contributed by atoms with Crippen LogP contribution in [0.25, 0.3) is 6.08 Å². The van der Waals surface area contributed by atoms with Gasteiger partial charge in [0.1, 0.15) is 12.2 Å². The first-order valence-electron chi connectivity index (χ1n) is 11.3. The van der Waals surface area contributed by atoms with E-state index in [1.807, 2.05) is 0 Å². The molecule has 1 aliphatic heterocycles. The maximum absolute atomic E-state index is 13.2. The van der Waals surface area contributed by atoms with Crippen LogP contribution < -0.4 is 19.7 Å². The van der Waals surface area contributed by atoms with Gasteiger partial charge in [0.05, 0.1) is 17.9 Å². The van der Waals surface area contributed by atoms with E-state index in [1.54, 1.807) is 31.2 Å². The minimum atomic E-state index is -1.02. The fraction of sp³-hybridized carbons (Fsp3) is 0.111. The summed E-state index contributed by atoms with van der Waals surface area (Å²) in [6.07, 6.45) is 1.36. The van der Waals surface area contributed by atoms with Gasteiger partial charge >= 0.3 is 12.0 Å². The lowest BCUT2D eigenvalue weighted by Gasteiger charge is -2.26. The van der Waals surface area contributed by atoms with Crippen molar-refractivity contribution in [3.8, 4) is 11.5 Å². The number of carbonyl (C=O) groups excluding carboxylic acids is 3. The summed E-state index contributed by atoms with van der Waals surface area (Å²) in [6, 6.07) is 14.7. The Morgan fingerprint density at radius 2 is 1.68 bits per heavy atom. The molecule has 1 saturated heterocycles. The van der Waals surface area contributed by atoms with Gasteiger partial charge in [0.25, 0.3) is 11.8 Å². The van der Waals surface area contributed by atoms with Crippen molar-refractivity contribution in [1.29, 1.82) is 0 Å². The van der Waals surface area contributed by atoms with E-state index in [4.69, 9.17) is 26.2 Å². The van der Waals surface area contributed by atoms with Gasteiger partial charge < -0.3 is 14.6 Å². The normalized spacial score (nSPS) is 14.4. The lowest BCUT2D eigenvalue weighted by Crippen LogP contribution is -2.54. The van der Waals surface area contributed by atoms with Crippen molar-refractivity contribution in [2.45, 2.75) is 13.5 Å². The molecular formula is C27H20BrClN2O7. The van der Waals surface area contributed by atoms with Gasteiger partial charge in [-0.25, -0.2) is 14.5 Å². The van der Waals surface area contributed by atoms with Crippen molar-refractivity contribution < 1.29 is 33.8 Å². The van der Waals surface area contributed by atoms with E-state index in [-0.39, 0.29) is 23.4 Å². The first kappa shape index (κ1) is 26.9. The molecule has 1 aliphatic rings. The zero-order chi connectivity index (χ0) is 27.4. The van der Waals surface area contributed by atoms with Crippen LogP contribution in [0.15, 0.2) is 70.7 Å². The number of urea groups is 1. The topological polar surface area (TPSA) is 122 Å². The highest BCUT2D eigenvalue weighted by molar-refractivity contribution is 9.10. The Morgan fingerprint density at radius 3 is 2.32 bits per heavy atom. The minimum absolute atomic E-state index is 0.145. The Bertz CT molecular complexity index is 1450. The Kier molecular flexibility index (Phi) is 8.13. The highest BCUT2D eigenvalue weighted by atomic mass is 79.9. The van der Waals surface area contributed by atoms with Crippen LogP contribution in [0.3, 0.4) is 0 Å². The van der Waals surface area contributed by atoms with E-state index in [9.17, 15) is 19.2 Å². The second-order valence-electron chi connectivity index (χ2n) is 7.98. The summed E-state index contributed by atoms with van der Waals surface area (Å²) in [7, 11) is 0. The first-order chi connectivity index (χ1) is 18.2. The van der Waals surface area contributed by atoms with Crippen molar-refractivity contribution in [3.63, 3.8) is 0 Å². The monoisotopic (exact) mass is 598 g/mol. The van der Waals surface area contributed by atoms with Crippen LogP contribution in [-0.4, -0.2) is 35.5 Å². The maximum atomic E-state index is 13.2. The number of amides is 4. The van der Waals surface area contributed by atoms with Gasteiger partial charge in [0.15, 0.2) is 11.5 Å². The third-order valence-corrected chi connectivity index (χ3v) is 6.38. The number of halogens is 2. The van der Waals surface area contributed by atoms with E-state index in [1.165, 1.54) is 42.5 Å². The van der Waals surface area contributed by atoms with Crippen molar-refractivity contribution in [1.82, 2.24) is 5.32 Å². The summed E-state index contributed by atoms with van der Waals surface area (Å²) >= 11 is 9.36. The van der Waals surface area contributed by atoms with Crippen molar-refractivity contribution in [2.24, 2.45) is 0 Å². The molecule has 38 heavy (non-hydrogen) atoms. The molecule has 3 aromatic rings. The highest BCUT2D eigenvalue weighted by Crippen LogP contribution is 2.36. The van der Waals surface area contributed by atoms with Crippen molar-refractivity contribution in [2.75, 3.05) is 11.5 Å². The smallest absolute Gasteiger partial charge is 0.335 e. The molecule has 0 saturated carbocycles. The molecule has 3 aromatic carbocycles. The number of aromatic carboxylic acids is 1. The molecule has 0 unspecified atom stereocenters. The van der Waals surface area contributed by atoms with Crippen molar-refractivity contribution in [3.05, 3.63) is 92.4 Å². The number of anilines is 1. The molecule has 0 bridgehead atoms. The molecule has 0 radical (unpaired) electrons. The van der Waals surface area contributed by atoms with Gasteiger partial charge in [-0.1, -0.05) is 39.7 Å². The summed E-state index contributed by atoms with van der Waals surface area (Å²) in [6.45, 7) is 2.26. The van der Waals surface area contributed by atoms with Crippen LogP contribution in [0.4, 0.5) is 10.5 Å². The summed E-state index contributed by atoms with van der Waals surface area (Å²) < 4.78 is 12.1. The predicted molar refractivity (Wildman–Crippen MR) is 143 cm³/mol. The van der Waals surface area contributed by atoms with Crippen LogP contribution in [0.5, 0.6) is 11.5 Å². The first-order valence-corrected chi connectivity index (χ1v) is 12.4. The molecule has 1 fully saturated rings. The van der Waals surface area contributed by atoms with Crippen LogP contribution >= 0.6 is 27.5 Å². The molecule has 4 rings (SSSR count). The number of nitrogens with one attached hydrogen (secondary N) is 1. The number of carbonyl (C=O) groups is 4. The molecule has 0 spiro atoms. The number of carboxylic acids is 1. The number of ether oxygens (including phenoxy) is 2. The quantitative estimate of drug-likeness (QED) is 0.261. The SMILES string of the molecule is CCOc1cc(C=C2C(=O)NC(=O)N(c3ccc(Cl)cc3)C2=O)c(Br)cc1OCc1ccc(C(=O)O)cc1. The summed E-state index contributed by atoms with van der Waals surface area (Å²) in [5, 5.41) is 11.7. The summed E-state index contributed by atoms with van der Waals surface area (Å²) in [5.74, 6) is -1.90. The lowest BCUT2D eigenvalue weighted by atomic mass is 10.1. The Morgan fingerprint density at radius 1 is 1.03 bits per heavy atom. The molecular weight excluding hydrogens is 580 g/mol. The van der Waals surface area contributed by atoms with Gasteiger partial charge in [0, 0.05) is 9.50 Å². The minimum Gasteiger partial charge on any atom is -0.490 e. The number of benzene rings is 3. The second-order valence-corrected chi connectivity index (χ2v) is 9.27. The van der Waals surface area contributed by atoms with Gasteiger partial charge in [-0.2, -0.15) is 0 Å². The lowest BCUT2D eigenvalue weighted by molar-refractivity contribution is -0.122. The van der Waals surface area contributed by atoms with E-state index in [0.717, 1.165) is 10.5 Å². The molecule has 0 aromatic heterocycles. The van der Waals surface area contributed by atoms with E-state index in [0.29, 0.717) is 33.2 Å².